The van der Waals surface area contributed by atoms with E-state index in [2.05, 4.69) is 11.1 Å². The maximum absolute atomic E-state index is 12.6. The fraction of sp³-hybridized carbons (Fsp3) is 0.368. The van der Waals surface area contributed by atoms with E-state index in [4.69, 9.17) is 0 Å². The smallest absolute Gasteiger partial charge is 0.254 e. The van der Waals surface area contributed by atoms with Gasteiger partial charge >= 0.3 is 0 Å². The molecule has 3 nitrogen and oxygen atoms in total. The number of rotatable bonds is 4. The Bertz CT molecular complexity index is 651. The molecule has 4 heteroatoms. The standard InChI is InChI=1S/C19H22N2OS/c1-15-6-2-3-7-17(15)19(22)21-12-9-16(10-13-21)14-23-18-8-4-5-11-20-18/h2-8,11,16H,9-10,12-14H2,1H3. The Balaban J connectivity index is 1.50. The molecule has 0 spiro atoms. The number of hydrogen-bond acceptors (Lipinski definition) is 3. The summed E-state index contributed by atoms with van der Waals surface area (Å²) in [5.74, 6) is 1.94. The van der Waals surface area contributed by atoms with Crippen molar-refractivity contribution < 1.29 is 4.79 Å². The number of aromatic nitrogens is 1. The second kappa shape index (κ2) is 7.64. The normalized spacial score (nSPS) is 15.6. The molecule has 0 N–H and O–H groups in total. The third-order valence-electron chi connectivity index (χ3n) is 4.38. The lowest BCUT2D eigenvalue weighted by Gasteiger charge is -2.32. The molecule has 0 atom stereocenters. The number of nitrogens with zero attached hydrogens (tertiary/aromatic N) is 2. The highest BCUT2D eigenvalue weighted by molar-refractivity contribution is 7.99. The van der Waals surface area contributed by atoms with E-state index in [1.807, 2.05) is 66.2 Å². The van der Waals surface area contributed by atoms with Gasteiger partial charge < -0.3 is 4.90 Å². The van der Waals surface area contributed by atoms with E-state index < -0.39 is 0 Å². The quantitative estimate of drug-likeness (QED) is 0.795. The van der Waals surface area contributed by atoms with Crippen molar-refractivity contribution in [3.63, 3.8) is 0 Å². The molecule has 0 unspecified atom stereocenters. The van der Waals surface area contributed by atoms with E-state index in [-0.39, 0.29) is 5.91 Å². The molecule has 0 saturated carbocycles. The first-order valence-corrected chi connectivity index (χ1v) is 9.11. The average molecular weight is 326 g/mol. The fourth-order valence-corrected chi connectivity index (χ4v) is 3.97. The minimum atomic E-state index is 0.180. The Morgan fingerprint density at radius 3 is 2.61 bits per heavy atom. The molecule has 120 valence electrons. The van der Waals surface area contributed by atoms with E-state index in [9.17, 15) is 4.79 Å². The van der Waals surface area contributed by atoms with Crippen molar-refractivity contribution in [2.24, 2.45) is 5.92 Å². The monoisotopic (exact) mass is 326 g/mol. The summed E-state index contributed by atoms with van der Waals surface area (Å²) in [5, 5.41) is 1.09. The van der Waals surface area contributed by atoms with Crippen molar-refractivity contribution in [2.45, 2.75) is 24.8 Å². The van der Waals surface area contributed by atoms with Gasteiger partial charge in [0.05, 0.1) is 5.03 Å². The number of piperidine rings is 1. The number of thioether (sulfide) groups is 1. The maximum atomic E-state index is 12.6. The molecule has 2 aromatic rings. The van der Waals surface area contributed by atoms with Gasteiger partial charge in [-0.15, -0.1) is 11.8 Å². The predicted octanol–water partition coefficient (Wildman–Crippen LogP) is 4.03. The van der Waals surface area contributed by atoms with Crippen molar-refractivity contribution >= 4 is 17.7 Å². The number of benzene rings is 1. The van der Waals surface area contributed by atoms with Crippen LogP contribution in [-0.4, -0.2) is 34.6 Å². The molecule has 1 amide bonds. The van der Waals surface area contributed by atoms with Crippen LogP contribution in [0, 0.1) is 12.8 Å². The van der Waals surface area contributed by atoms with E-state index in [1.165, 1.54) is 0 Å². The molecule has 2 heterocycles. The van der Waals surface area contributed by atoms with Crippen LogP contribution in [0.2, 0.25) is 0 Å². The topological polar surface area (TPSA) is 33.2 Å². The minimum Gasteiger partial charge on any atom is -0.339 e. The van der Waals surface area contributed by atoms with Crippen LogP contribution in [0.25, 0.3) is 0 Å². The van der Waals surface area contributed by atoms with Crippen molar-refractivity contribution in [1.29, 1.82) is 0 Å². The second-order valence-electron chi connectivity index (χ2n) is 6.03. The first-order chi connectivity index (χ1) is 11.2. The number of hydrogen-bond donors (Lipinski definition) is 0. The number of amides is 1. The summed E-state index contributed by atoms with van der Waals surface area (Å²) in [6.07, 6.45) is 4.00. The van der Waals surface area contributed by atoms with Gasteiger partial charge in [-0.25, -0.2) is 4.98 Å². The summed E-state index contributed by atoms with van der Waals surface area (Å²) in [5.41, 5.74) is 1.90. The van der Waals surface area contributed by atoms with Gasteiger partial charge in [-0.2, -0.15) is 0 Å². The number of pyridine rings is 1. The zero-order valence-corrected chi connectivity index (χ0v) is 14.3. The molecule has 1 aromatic heterocycles. The van der Waals surface area contributed by atoms with Crippen molar-refractivity contribution in [1.82, 2.24) is 9.88 Å². The van der Waals surface area contributed by atoms with Crippen molar-refractivity contribution in [2.75, 3.05) is 18.8 Å². The van der Waals surface area contributed by atoms with Gasteiger partial charge in [-0.05, 0) is 49.4 Å². The Morgan fingerprint density at radius 2 is 1.91 bits per heavy atom. The van der Waals surface area contributed by atoms with Crippen LogP contribution in [0.4, 0.5) is 0 Å². The Morgan fingerprint density at radius 1 is 1.17 bits per heavy atom. The molecule has 1 aliphatic rings. The van der Waals surface area contributed by atoms with Crippen LogP contribution in [0.3, 0.4) is 0 Å². The van der Waals surface area contributed by atoms with Gasteiger partial charge in [0.25, 0.3) is 5.91 Å². The molecule has 3 rings (SSSR count). The molecule has 1 aromatic carbocycles. The number of aryl methyl sites for hydroxylation is 1. The number of carbonyl (C=O) groups excluding carboxylic acids is 1. The summed E-state index contributed by atoms with van der Waals surface area (Å²) in [6, 6.07) is 13.9. The molecule has 23 heavy (non-hydrogen) atoms. The third kappa shape index (κ3) is 4.14. The summed E-state index contributed by atoms with van der Waals surface area (Å²) >= 11 is 1.82. The molecule has 0 bridgehead atoms. The Hall–Kier alpha value is -1.81. The largest absolute Gasteiger partial charge is 0.339 e. The highest BCUT2D eigenvalue weighted by Crippen LogP contribution is 2.26. The van der Waals surface area contributed by atoms with Gasteiger partial charge in [-0.3, -0.25) is 4.79 Å². The van der Waals surface area contributed by atoms with Crippen LogP contribution in [0.1, 0.15) is 28.8 Å². The van der Waals surface area contributed by atoms with Crippen molar-refractivity contribution in [3.05, 3.63) is 59.8 Å². The first kappa shape index (κ1) is 16.1. The lowest BCUT2D eigenvalue weighted by Crippen LogP contribution is -2.39. The zero-order chi connectivity index (χ0) is 16.1. The Kier molecular flexibility index (Phi) is 5.34. The molecule has 1 saturated heterocycles. The third-order valence-corrected chi connectivity index (χ3v) is 5.56. The number of likely N-dealkylation sites (tertiary alicyclic amines) is 1. The van der Waals surface area contributed by atoms with Gasteiger partial charge in [0.2, 0.25) is 0 Å². The lowest BCUT2D eigenvalue weighted by atomic mass is 9.98. The predicted molar refractivity (Wildman–Crippen MR) is 94.8 cm³/mol. The van der Waals surface area contributed by atoms with Crippen LogP contribution < -0.4 is 0 Å². The highest BCUT2D eigenvalue weighted by Gasteiger charge is 2.24. The van der Waals surface area contributed by atoms with Crippen LogP contribution in [0.5, 0.6) is 0 Å². The van der Waals surface area contributed by atoms with E-state index in [0.717, 1.165) is 47.8 Å². The van der Waals surface area contributed by atoms with Gasteiger partial charge in [0.1, 0.15) is 0 Å². The zero-order valence-electron chi connectivity index (χ0n) is 13.4. The summed E-state index contributed by atoms with van der Waals surface area (Å²) in [7, 11) is 0. The highest BCUT2D eigenvalue weighted by atomic mass is 32.2. The minimum absolute atomic E-state index is 0.180. The number of carbonyl (C=O) groups is 1. The summed E-state index contributed by atoms with van der Waals surface area (Å²) < 4.78 is 0. The van der Waals surface area contributed by atoms with Gasteiger partial charge in [0.15, 0.2) is 0 Å². The lowest BCUT2D eigenvalue weighted by molar-refractivity contribution is 0.0698. The maximum Gasteiger partial charge on any atom is 0.254 e. The van der Waals surface area contributed by atoms with Crippen LogP contribution in [0.15, 0.2) is 53.7 Å². The molecule has 1 fully saturated rings. The fourth-order valence-electron chi connectivity index (χ4n) is 2.92. The molecule has 0 radical (unpaired) electrons. The van der Waals surface area contributed by atoms with E-state index >= 15 is 0 Å². The molecular formula is C19H22N2OS. The van der Waals surface area contributed by atoms with Crippen molar-refractivity contribution in [3.8, 4) is 0 Å². The SMILES string of the molecule is Cc1ccccc1C(=O)N1CCC(CSc2ccccn2)CC1. The van der Waals surface area contributed by atoms with Gasteiger partial charge in [0, 0.05) is 30.6 Å². The summed E-state index contributed by atoms with van der Waals surface area (Å²) in [6.45, 7) is 3.73. The molecule has 0 aliphatic carbocycles. The average Bonchev–Trinajstić information content (AvgIpc) is 2.61. The van der Waals surface area contributed by atoms with Crippen LogP contribution >= 0.6 is 11.8 Å². The first-order valence-electron chi connectivity index (χ1n) is 8.13. The summed E-state index contributed by atoms with van der Waals surface area (Å²) in [4.78, 5) is 19.0. The molecule has 1 aliphatic heterocycles. The molecular weight excluding hydrogens is 304 g/mol. The Labute approximate surface area is 142 Å². The second-order valence-corrected chi connectivity index (χ2v) is 7.07. The van der Waals surface area contributed by atoms with Crippen LogP contribution in [-0.2, 0) is 0 Å². The van der Waals surface area contributed by atoms with E-state index in [1.54, 1.807) is 0 Å². The van der Waals surface area contributed by atoms with E-state index in [0.29, 0.717) is 5.92 Å². The van der Waals surface area contributed by atoms with Gasteiger partial charge in [-0.1, -0.05) is 24.3 Å².